The highest BCUT2D eigenvalue weighted by Gasteiger charge is 2.40. The maximum atomic E-state index is 11.2. The van der Waals surface area contributed by atoms with Crippen LogP contribution in [0, 0.1) is 0 Å². The van der Waals surface area contributed by atoms with E-state index in [9.17, 15) is 4.79 Å². The Morgan fingerprint density at radius 3 is 2.41 bits per heavy atom. The summed E-state index contributed by atoms with van der Waals surface area (Å²) < 4.78 is 3.35. The number of carbonyl (C=O) groups is 1. The predicted molar refractivity (Wildman–Crippen MR) is 72.5 cm³/mol. The van der Waals surface area contributed by atoms with Crippen molar-refractivity contribution in [3.63, 3.8) is 0 Å². The number of nitrogens with two attached hydrogens (primary N) is 1. The highest BCUT2D eigenvalue weighted by molar-refractivity contribution is 7.15. The molecule has 3 nitrogen and oxygen atoms in total. The van der Waals surface area contributed by atoms with Gasteiger partial charge in [-0.2, -0.15) is 0 Å². The number of thiophene rings is 1. The maximum Gasteiger partial charge on any atom is 0.320 e. The molecule has 0 aliphatic carbocycles. The molecule has 0 saturated heterocycles. The third-order valence-electron chi connectivity index (χ3n) is 1.71. The monoisotopic (exact) mass is 355 g/mol. The number of hydrogen-bond acceptors (Lipinski definition) is 4. The van der Waals surface area contributed by atoms with E-state index in [1.807, 2.05) is 0 Å². The predicted octanol–water partition coefficient (Wildman–Crippen LogP) is 3.97. The third-order valence-corrected chi connectivity index (χ3v) is 4.00. The molecular weight excluding hydrogens is 351 g/mol. The van der Waals surface area contributed by atoms with Crippen molar-refractivity contribution in [3.05, 3.63) is 20.3 Å². The van der Waals surface area contributed by atoms with Crippen molar-refractivity contribution in [2.75, 3.05) is 6.54 Å². The van der Waals surface area contributed by atoms with E-state index in [1.54, 1.807) is 5.38 Å². The minimum Gasteiger partial charge on any atom is -0.452 e. The Kier molecular flexibility index (Phi) is 5.66. The first-order valence-corrected chi connectivity index (χ1v) is 6.93. The molecular formula is C8H6Cl5NO2S. The van der Waals surface area contributed by atoms with E-state index in [0.29, 0.717) is 0 Å². The van der Waals surface area contributed by atoms with Gasteiger partial charge in [0.05, 0.1) is 11.6 Å². The lowest BCUT2D eigenvalue weighted by molar-refractivity contribution is -0.147. The number of hydrogen-bond donors (Lipinski definition) is 1. The molecule has 17 heavy (non-hydrogen) atoms. The van der Waals surface area contributed by atoms with Crippen LogP contribution in [0.2, 0.25) is 9.36 Å². The van der Waals surface area contributed by atoms with E-state index >= 15 is 0 Å². The number of alkyl halides is 3. The highest BCUT2D eigenvalue weighted by Crippen LogP contribution is 2.48. The smallest absolute Gasteiger partial charge is 0.320 e. The Morgan fingerprint density at radius 2 is 2.06 bits per heavy atom. The largest absolute Gasteiger partial charge is 0.452 e. The highest BCUT2D eigenvalue weighted by atomic mass is 35.6. The summed E-state index contributed by atoms with van der Waals surface area (Å²) >= 11 is 30.2. The van der Waals surface area contributed by atoms with Crippen LogP contribution in [0.25, 0.3) is 0 Å². The van der Waals surface area contributed by atoms with Crippen LogP contribution in [-0.2, 0) is 9.53 Å². The summed E-state index contributed by atoms with van der Waals surface area (Å²) in [6, 6.07) is 0. The van der Waals surface area contributed by atoms with E-state index in [-0.39, 0.29) is 21.5 Å². The standard InChI is InChI=1S/C8H6Cl5NO2S/c9-3-2-17-7(10)5(3)6(8(11,12)13)16-4(15)1-14/h2,6H,1,14H2. The molecule has 0 radical (unpaired) electrons. The second-order valence-corrected chi connectivity index (χ2v) is 7.14. The topological polar surface area (TPSA) is 52.3 Å². The minimum absolute atomic E-state index is 0.264. The normalized spacial score (nSPS) is 13.5. The Morgan fingerprint density at radius 1 is 1.47 bits per heavy atom. The lowest BCUT2D eigenvalue weighted by Crippen LogP contribution is -2.27. The molecule has 0 saturated carbocycles. The van der Waals surface area contributed by atoms with E-state index < -0.39 is 15.9 Å². The van der Waals surface area contributed by atoms with Gasteiger partial charge in [0.2, 0.25) is 3.79 Å². The Hall–Kier alpha value is 0.580. The third kappa shape index (κ3) is 4.03. The fourth-order valence-corrected chi connectivity index (χ4v) is 2.93. The maximum absolute atomic E-state index is 11.2. The van der Waals surface area contributed by atoms with Crippen molar-refractivity contribution in [2.45, 2.75) is 9.90 Å². The summed E-state index contributed by atoms with van der Waals surface area (Å²) in [6.07, 6.45) is -1.20. The van der Waals surface area contributed by atoms with Gasteiger partial charge in [0.15, 0.2) is 6.10 Å². The molecule has 1 heterocycles. The summed E-state index contributed by atoms with van der Waals surface area (Å²) in [5, 5.41) is 1.82. The molecule has 0 aliphatic heterocycles. The lowest BCUT2D eigenvalue weighted by Gasteiger charge is -2.24. The van der Waals surface area contributed by atoms with Crippen LogP contribution in [0.1, 0.15) is 11.7 Å². The number of esters is 1. The van der Waals surface area contributed by atoms with Gasteiger partial charge in [0.1, 0.15) is 4.34 Å². The first kappa shape index (κ1) is 15.6. The molecule has 0 aromatic carbocycles. The zero-order chi connectivity index (χ0) is 13.2. The van der Waals surface area contributed by atoms with Crippen LogP contribution < -0.4 is 5.73 Å². The van der Waals surface area contributed by atoms with Gasteiger partial charge in [0, 0.05) is 10.9 Å². The fraction of sp³-hybridized carbons (Fsp3) is 0.375. The molecule has 1 atom stereocenters. The number of ether oxygens (including phenoxy) is 1. The van der Waals surface area contributed by atoms with E-state index in [0.717, 1.165) is 11.3 Å². The zero-order valence-corrected chi connectivity index (χ0v) is 12.6. The lowest BCUT2D eigenvalue weighted by atomic mass is 10.2. The summed E-state index contributed by atoms with van der Waals surface area (Å²) in [7, 11) is 0. The summed E-state index contributed by atoms with van der Waals surface area (Å²) in [4.78, 5) is 11.2. The summed E-state index contributed by atoms with van der Waals surface area (Å²) in [6.45, 7) is -0.337. The van der Waals surface area contributed by atoms with Crippen molar-refractivity contribution >= 4 is 75.3 Å². The van der Waals surface area contributed by atoms with Crippen molar-refractivity contribution in [1.29, 1.82) is 0 Å². The van der Waals surface area contributed by atoms with Crippen molar-refractivity contribution in [2.24, 2.45) is 5.73 Å². The molecule has 0 aliphatic rings. The first-order chi connectivity index (χ1) is 7.77. The fourth-order valence-electron chi connectivity index (χ4n) is 1.02. The number of carbonyl (C=O) groups excluding carboxylic acids is 1. The minimum atomic E-state index is -1.89. The second-order valence-electron chi connectivity index (χ2n) is 2.89. The van der Waals surface area contributed by atoms with Crippen LogP contribution in [0.15, 0.2) is 5.38 Å². The Labute approximate surface area is 127 Å². The Bertz CT molecular complexity index is 397. The molecule has 2 N–H and O–H groups in total. The van der Waals surface area contributed by atoms with Gasteiger partial charge < -0.3 is 10.5 Å². The number of rotatable bonds is 3. The van der Waals surface area contributed by atoms with E-state index in [4.69, 9.17) is 68.5 Å². The van der Waals surface area contributed by atoms with Crippen molar-refractivity contribution in [1.82, 2.24) is 0 Å². The molecule has 96 valence electrons. The zero-order valence-electron chi connectivity index (χ0n) is 8.05. The van der Waals surface area contributed by atoms with Gasteiger partial charge in [-0.3, -0.25) is 4.79 Å². The van der Waals surface area contributed by atoms with Gasteiger partial charge in [-0.25, -0.2) is 0 Å². The molecule has 1 aromatic heterocycles. The second kappa shape index (κ2) is 6.15. The van der Waals surface area contributed by atoms with Gasteiger partial charge in [0.25, 0.3) is 0 Å². The van der Waals surface area contributed by atoms with Gasteiger partial charge in [-0.05, 0) is 0 Å². The van der Waals surface area contributed by atoms with Crippen molar-refractivity contribution in [3.8, 4) is 0 Å². The van der Waals surface area contributed by atoms with Gasteiger partial charge >= 0.3 is 5.97 Å². The molecule has 1 rings (SSSR count). The van der Waals surface area contributed by atoms with Crippen LogP contribution in [0.4, 0.5) is 0 Å². The number of halogens is 5. The van der Waals surface area contributed by atoms with Crippen molar-refractivity contribution < 1.29 is 9.53 Å². The van der Waals surface area contributed by atoms with Gasteiger partial charge in [-0.1, -0.05) is 58.0 Å². The summed E-state index contributed by atoms with van der Waals surface area (Å²) in [5.41, 5.74) is 5.39. The molecule has 0 spiro atoms. The van der Waals surface area contributed by atoms with Crippen LogP contribution in [0.3, 0.4) is 0 Å². The molecule has 0 bridgehead atoms. The van der Waals surface area contributed by atoms with E-state index in [2.05, 4.69) is 0 Å². The van der Waals surface area contributed by atoms with E-state index in [1.165, 1.54) is 0 Å². The molecule has 1 unspecified atom stereocenters. The molecule has 0 amide bonds. The SMILES string of the molecule is NCC(=O)OC(c1c(Cl)csc1Cl)C(Cl)(Cl)Cl. The Balaban J connectivity index is 3.12. The van der Waals surface area contributed by atoms with Crippen LogP contribution in [0.5, 0.6) is 0 Å². The molecule has 1 aromatic rings. The van der Waals surface area contributed by atoms with Crippen LogP contribution in [-0.4, -0.2) is 16.3 Å². The average molecular weight is 357 g/mol. The quantitative estimate of drug-likeness (QED) is 0.658. The van der Waals surface area contributed by atoms with Gasteiger partial charge in [-0.15, -0.1) is 11.3 Å². The summed E-state index contributed by atoms with van der Waals surface area (Å²) in [5.74, 6) is -0.723. The molecule has 0 fully saturated rings. The van der Waals surface area contributed by atoms with Crippen LogP contribution >= 0.6 is 69.3 Å². The first-order valence-electron chi connectivity index (χ1n) is 4.16. The average Bonchev–Trinajstić information content (AvgIpc) is 2.53. The molecule has 9 heteroatoms.